The first-order chi connectivity index (χ1) is 14.0. The summed E-state index contributed by atoms with van der Waals surface area (Å²) < 4.78 is 17.4. The van der Waals surface area contributed by atoms with Crippen molar-refractivity contribution in [2.45, 2.75) is 6.92 Å². The molecule has 6 nitrogen and oxygen atoms in total. The predicted molar refractivity (Wildman–Crippen MR) is 116 cm³/mol. The number of nitrogens with one attached hydrogen (secondary N) is 1. The molecule has 3 aromatic rings. The molecule has 1 amide bonds. The second kappa shape index (κ2) is 9.50. The third-order valence-electron chi connectivity index (χ3n) is 3.71. The number of terminal acetylenes is 1. The average Bonchev–Trinajstić information content (AvgIpc) is 3.11. The Labute approximate surface area is 180 Å². The summed E-state index contributed by atoms with van der Waals surface area (Å²) in [6.45, 7) is 2.32. The van der Waals surface area contributed by atoms with E-state index in [0.717, 1.165) is 9.86 Å². The van der Waals surface area contributed by atoms with Gasteiger partial charge in [-0.05, 0) is 48.9 Å². The number of hydrazone groups is 1. The topological polar surface area (TPSA) is 73.1 Å². The number of rotatable bonds is 7. The summed E-state index contributed by atoms with van der Waals surface area (Å²) in [5, 5.41) is 5.09. The number of halogens is 2. The Bertz CT molecular complexity index is 1120. The molecule has 2 aromatic carbocycles. The molecule has 0 saturated carbocycles. The van der Waals surface area contributed by atoms with Gasteiger partial charge >= 0.3 is 5.91 Å². The number of ether oxygens (including phenoxy) is 2. The molecule has 0 aliphatic rings. The molecule has 8 heteroatoms. The maximum Gasteiger partial charge on any atom is 0.307 e. The number of carbonyl (C=O) groups is 1. The van der Waals surface area contributed by atoms with Crippen LogP contribution in [0.25, 0.3) is 11.0 Å². The number of carbonyl (C=O) groups excluding carboxylic acids is 1. The van der Waals surface area contributed by atoms with Gasteiger partial charge in [-0.2, -0.15) is 5.10 Å². The minimum absolute atomic E-state index is 0.0668. The first kappa shape index (κ1) is 20.8. The van der Waals surface area contributed by atoms with Gasteiger partial charge in [-0.15, -0.1) is 6.42 Å². The molecule has 148 valence electrons. The summed E-state index contributed by atoms with van der Waals surface area (Å²) in [5.41, 5.74) is 3.65. The highest BCUT2D eigenvalue weighted by atomic mass is 79.9. The zero-order valence-corrected chi connectivity index (χ0v) is 17.7. The van der Waals surface area contributed by atoms with Gasteiger partial charge in [0.15, 0.2) is 17.3 Å². The lowest BCUT2D eigenvalue weighted by Crippen LogP contribution is -2.16. The Morgan fingerprint density at radius 1 is 1.34 bits per heavy atom. The van der Waals surface area contributed by atoms with E-state index in [1.165, 1.54) is 6.21 Å². The van der Waals surface area contributed by atoms with Crippen molar-refractivity contribution in [1.82, 2.24) is 5.43 Å². The van der Waals surface area contributed by atoms with E-state index in [2.05, 4.69) is 32.4 Å². The molecule has 3 rings (SSSR count). The minimum Gasteiger partial charge on any atom is -0.490 e. The second-order valence-electron chi connectivity index (χ2n) is 5.75. The van der Waals surface area contributed by atoms with Crippen molar-refractivity contribution < 1.29 is 18.7 Å². The fraction of sp³-hybridized carbons (Fsp3) is 0.143. The molecule has 1 N–H and O–H groups in total. The van der Waals surface area contributed by atoms with E-state index in [-0.39, 0.29) is 12.4 Å². The van der Waals surface area contributed by atoms with E-state index < -0.39 is 5.91 Å². The van der Waals surface area contributed by atoms with Crippen LogP contribution in [-0.2, 0) is 0 Å². The number of furan rings is 1. The lowest BCUT2D eigenvalue weighted by atomic mass is 10.2. The molecular formula is C21H16BrClN2O4. The van der Waals surface area contributed by atoms with E-state index in [9.17, 15) is 4.79 Å². The Hall–Kier alpha value is -2.95. The molecule has 1 aromatic heterocycles. The van der Waals surface area contributed by atoms with E-state index in [1.807, 2.05) is 19.1 Å². The van der Waals surface area contributed by atoms with Crippen molar-refractivity contribution in [3.63, 3.8) is 0 Å². The molecule has 0 aliphatic heterocycles. The first-order valence-corrected chi connectivity index (χ1v) is 9.74. The summed E-state index contributed by atoms with van der Waals surface area (Å²) in [7, 11) is 0. The zero-order chi connectivity index (χ0) is 20.8. The Morgan fingerprint density at radius 3 is 2.93 bits per heavy atom. The van der Waals surface area contributed by atoms with Crippen LogP contribution in [0.3, 0.4) is 0 Å². The first-order valence-electron chi connectivity index (χ1n) is 8.57. The van der Waals surface area contributed by atoms with Gasteiger partial charge in [0.05, 0.1) is 17.8 Å². The lowest BCUT2D eigenvalue weighted by Gasteiger charge is -2.12. The fourth-order valence-electron chi connectivity index (χ4n) is 2.53. The maximum absolute atomic E-state index is 12.3. The number of nitrogens with zero attached hydrogens (tertiary/aromatic N) is 1. The van der Waals surface area contributed by atoms with Gasteiger partial charge in [0, 0.05) is 9.86 Å². The van der Waals surface area contributed by atoms with Crippen molar-refractivity contribution in [2.75, 3.05) is 13.2 Å². The predicted octanol–water partition coefficient (Wildman–Crippen LogP) is 5.02. The summed E-state index contributed by atoms with van der Waals surface area (Å²) >= 11 is 9.64. The highest BCUT2D eigenvalue weighted by Gasteiger charge is 2.13. The average molecular weight is 476 g/mol. The third kappa shape index (κ3) is 5.11. The molecule has 0 spiro atoms. The summed E-state index contributed by atoms with van der Waals surface area (Å²) in [6, 6.07) is 10.4. The SMILES string of the molecule is C#CCOc1c(Cl)cc(/C=N/NC(=O)c2cc3cc(Br)ccc3o2)cc1OCC. The van der Waals surface area contributed by atoms with Gasteiger partial charge in [0.1, 0.15) is 12.2 Å². The van der Waals surface area contributed by atoms with Crippen molar-refractivity contribution >= 4 is 50.6 Å². The molecule has 0 aliphatic carbocycles. The van der Waals surface area contributed by atoms with Crippen LogP contribution in [0.1, 0.15) is 23.0 Å². The number of amides is 1. The van der Waals surface area contributed by atoms with Crippen molar-refractivity contribution in [3.8, 4) is 23.8 Å². The van der Waals surface area contributed by atoms with E-state index >= 15 is 0 Å². The van der Waals surface area contributed by atoms with Crippen LogP contribution >= 0.6 is 27.5 Å². The molecule has 29 heavy (non-hydrogen) atoms. The summed E-state index contributed by atoms with van der Waals surface area (Å²) in [5.74, 6) is 2.86. The highest BCUT2D eigenvalue weighted by molar-refractivity contribution is 9.10. The number of hydrogen-bond acceptors (Lipinski definition) is 5. The third-order valence-corrected chi connectivity index (χ3v) is 4.49. The largest absolute Gasteiger partial charge is 0.490 e. The van der Waals surface area contributed by atoms with Crippen LogP contribution in [0.4, 0.5) is 0 Å². The molecule has 0 radical (unpaired) electrons. The standard InChI is InChI=1S/C21H16BrClN2O4/c1-3-7-28-20-16(23)8-13(9-18(20)27-4-2)12-24-25-21(26)19-11-14-10-15(22)5-6-17(14)29-19/h1,5-6,8-12H,4,7H2,2H3,(H,25,26)/b24-12+. The van der Waals surface area contributed by atoms with Gasteiger partial charge in [-0.3, -0.25) is 4.79 Å². The van der Waals surface area contributed by atoms with Crippen molar-refractivity contribution in [2.24, 2.45) is 5.10 Å². The monoisotopic (exact) mass is 474 g/mol. The van der Waals surface area contributed by atoms with E-state index in [4.69, 9.17) is 31.9 Å². The van der Waals surface area contributed by atoms with Crippen LogP contribution < -0.4 is 14.9 Å². The van der Waals surface area contributed by atoms with Crippen LogP contribution in [0, 0.1) is 12.3 Å². The second-order valence-corrected chi connectivity index (χ2v) is 7.07. The van der Waals surface area contributed by atoms with Gasteiger partial charge in [-0.1, -0.05) is 33.5 Å². The van der Waals surface area contributed by atoms with Gasteiger partial charge in [0.25, 0.3) is 0 Å². The minimum atomic E-state index is -0.473. The van der Waals surface area contributed by atoms with E-state index in [0.29, 0.717) is 34.3 Å². The van der Waals surface area contributed by atoms with Crippen LogP contribution in [0.2, 0.25) is 5.02 Å². The molecular weight excluding hydrogens is 460 g/mol. The maximum atomic E-state index is 12.3. The number of hydrogen-bond donors (Lipinski definition) is 1. The molecule has 0 bridgehead atoms. The van der Waals surface area contributed by atoms with Gasteiger partial charge < -0.3 is 13.9 Å². The molecule has 1 heterocycles. The summed E-state index contributed by atoms with van der Waals surface area (Å²) in [6.07, 6.45) is 6.67. The van der Waals surface area contributed by atoms with Gasteiger partial charge in [-0.25, -0.2) is 5.43 Å². The Morgan fingerprint density at radius 2 is 2.17 bits per heavy atom. The van der Waals surface area contributed by atoms with Crippen LogP contribution in [0.5, 0.6) is 11.5 Å². The fourth-order valence-corrected chi connectivity index (χ4v) is 3.18. The van der Waals surface area contributed by atoms with Gasteiger partial charge in [0.2, 0.25) is 0 Å². The van der Waals surface area contributed by atoms with E-state index in [1.54, 1.807) is 24.3 Å². The number of benzene rings is 2. The molecule has 0 saturated heterocycles. The van der Waals surface area contributed by atoms with Crippen LogP contribution in [-0.4, -0.2) is 25.3 Å². The Balaban J connectivity index is 1.74. The highest BCUT2D eigenvalue weighted by Crippen LogP contribution is 2.36. The smallest absolute Gasteiger partial charge is 0.307 e. The molecule has 0 unspecified atom stereocenters. The summed E-state index contributed by atoms with van der Waals surface area (Å²) in [4.78, 5) is 12.3. The molecule has 0 atom stereocenters. The van der Waals surface area contributed by atoms with Crippen LogP contribution in [0.15, 0.2) is 50.4 Å². The van der Waals surface area contributed by atoms with Crippen molar-refractivity contribution in [3.05, 3.63) is 57.2 Å². The lowest BCUT2D eigenvalue weighted by molar-refractivity contribution is 0.0929. The normalized spacial score (nSPS) is 10.8. The molecule has 0 fully saturated rings. The van der Waals surface area contributed by atoms with Crippen molar-refractivity contribution in [1.29, 1.82) is 0 Å². The number of fused-ring (bicyclic) bond motifs is 1. The zero-order valence-electron chi connectivity index (χ0n) is 15.4. The quantitative estimate of drug-likeness (QED) is 0.296. The Kier molecular flexibility index (Phi) is 6.81.